The van der Waals surface area contributed by atoms with Crippen LogP contribution in [-0.2, 0) is 0 Å². The smallest absolute Gasteiger partial charge is 0.160 e. The molecule has 0 N–H and O–H groups in total. The van der Waals surface area contributed by atoms with E-state index < -0.39 is 0 Å². The zero-order valence-electron chi connectivity index (χ0n) is 41.5. The van der Waals surface area contributed by atoms with Crippen molar-refractivity contribution in [3.8, 4) is 55.6 Å². The van der Waals surface area contributed by atoms with E-state index in [9.17, 15) is 0 Å². The van der Waals surface area contributed by atoms with Crippen LogP contribution in [0.25, 0.3) is 131 Å². The van der Waals surface area contributed by atoms with Crippen molar-refractivity contribution < 1.29 is 4.42 Å². The molecule has 0 aliphatic carbocycles. The molecule has 354 valence electrons. The molecule has 0 unspecified atom stereocenters. The van der Waals surface area contributed by atoms with E-state index in [-0.39, 0.29) is 0 Å². The number of anilines is 3. The van der Waals surface area contributed by atoms with Gasteiger partial charge in [-0.25, -0.2) is 0 Å². The van der Waals surface area contributed by atoms with Crippen molar-refractivity contribution in [1.29, 1.82) is 0 Å². The fourth-order valence-corrected chi connectivity index (χ4v) is 11.7. The van der Waals surface area contributed by atoms with Crippen molar-refractivity contribution in [3.05, 3.63) is 285 Å². The maximum Gasteiger partial charge on any atom is 0.160 e. The molecule has 0 saturated heterocycles. The predicted molar refractivity (Wildman–Crippen MR) is 323 cm³/mol. The molecule has 0 fully saturated rings. The van der Waals surface area contributed by atoms with Crippen LogP contribution in [0.3, 0.4) is 0 Å². The molecule has 0 bridgehead atoms. The highest BCUT2D eigenvalue weighted by Gasteiger charge is 2.24. The van der Waals surface area contributed by atoms with E-state index in [2.05, 4.69) is 290 Å². The zero-order chi connectivity index (χ0) is 50.1. The van der Waals surface area contributed by atoms with Gasteiger partial charge in [-0.3, -0.25) is 0 Å². The number of benzene rings is 14. The molecule has 14 aromatic carbocycles. The Hall–Kier alpha value is -10.0. The fraction of sp³-hybridized carbons (Fsp3) is 0. The Kier molecular flexibility index (Phi) is 10.2. The van der Waals surface area contributed by atoms with Crippen LogP contribution < -0.4 is 4.90 Å². The molecule has 0 spiro atoms. The molecule has 0 atom stereocenters. The fourth-order valence-electron chi connectivity index (χ4n) is 11.7. The SMILES string of the molecule is c1ccc(-c2cccc3c2oc2c(N(c4ccc(-c5ccc6cc(-c7ccc8ccccc8c7)ccc6c5)cc4)c4ccc(-c5ccc6ccc(-c7cccc8ccccc78)cc6c5)cc4)cc4ccccc4c23)cc1. The van der Waals surface area contributed by atoms with Crippen molar-refractivity contribution in [2.75, 3.05) is 4.90 Å². The van der Waals surface area contributed by atoms with Crippen LogP contribution in [-0.4, -0.2) is 0 Å². The maximum atomic E-state index is 7.25. The lowest BCUT2D eigenvalue weighted by Gasteiger charge is -2.26. The summed E-state index contributed by atoms with van der Waals surface area (Å²) in [4.78, 5) is 2.37. The van der Waals surface area contributed by atoms with Gasteiger partial charge in [0, 0.05) is 27.7 Å². The van der Waals surface area contributed by atoms with Crippen molar-refractivity contribution in [2.45, 2.75) is 0 Å². The second-order valence-electron chi connectivity index (χ2n) is 20.0. The lowest BCUT2D eigenvalue weighted by molar-refractivity contribution is 0.670. The van der Waals surface area contributed by atoms with E-state index >= 15 is 0 Å². The van der Waals surface area contributed by atoms with Gasteiger partial charge in [-0.2, -0.15) is 0 Å². The average molecular weight is 966 g/mol. The molecule has 2 nitrogen and oxygen atoms in total. The number of para-hydroxylation sites is 1. The molecule has 15 rings (SSSR count). The highest BCUT2D eigenvalue weighted by atomic mass is 16.3. The van der Waals surface area contributed by atoms with Crippen molar-refractivity contribution in [3.63, 3.8) is 0 Å². The third kappa shape index (κ3) is 7.50. The number of nitrogens with zero attached hydrogens (tertiary/aromatic N) is 1. The molecule has 2 heteroatoms. The van der Waals surface area contributed by atoms with Gasteiger partial charge >= 0.3 is 0 Å². The van der Waals surface area contributed by atoms with Crippen LogP contribution in [0.1, 0.15) is 0 Å². The predicted octanol–water partition coefficient (Wildman–Crippen LogP) is 21.2. The van der Waals surface area contributed by atoms with Gasteiger partial charge in [0.25, 0.3) is 0 Å². The summed E-state index contributed by atoms with van der Waals surface area (Å²) >= 11 is 0. The highest BCUT2D eigenvalue weighted by molar-refractivity contribution is 6.24. The summed E-state index contributed by atoms with van der Waals surface area (Å²) in [7, 11) is 0. The number of rotatable bonds is 8. The van der Waals surface area contributed by atoms with Crippen molar-refractivity contribution in [1.82, 2.24) is 0 Å². The quantitative estimate of drug-likeness (QED) is 0.151. The molecule has 0 amide bonds. The molecule has 0 saturated carbocycles. The first-order valence-electron chi connectivity index (χ1n) is 26.1. The average Bonchev–Trinajstić information content (AvgIpc) is 3.93. The molecule has 0 radical (unpaired) electrons. The summed E-state index contributed by atoms with van der Waals surface area (Å²) in [5.41, 5.74) is 16.5. The maximum absolute atomic E-state index is 7.25. The Labute approximate surface area is 440 Å². The van der Waals surface area contributed by atoms with Crippen LogP contribution in [0.4, 0.5) is 17.1 Å². The van der Waals surface area contributed by atoms with E-state index in [0.29, 0.717) is 0 Å². The molecule has 0 aliphatic heterocycles. The lowest BCUT2D eigenvalue weighted by Crippen LogP contribution is -2.10. The van der Waals surface area contributed by atoms with E-state index in [0.717, 1.165) is 72.0 Å². The van der Waals surface area contributed by atoms with Crippen LogP contribution in [0.2, 0.25) is 0 Å². The van der Waals surface area contributed by atoms with Crippen LogP contribution >= 0.6 is 0 Å². The molecule has 1 aromatic heterocycles. The summed E-state index contributed by atoms with van der Waals surface area (Å²) in [6, 6.07) is 104. The van der Waals surface area contributed by atoms with E-state index in [1.54, 1.807) is 0 Å². The standard InChI is InChI=1S/C74H47NO/c1-2-13-53(14-3-1)69-22-11-23-70-72-68-20-9-7-17-61(68)47-71(74(72)76-73(69)70)75(64-38-34-49(35-39-64)55-29-30-59-44-60(32-31-58(59)43-55)57-28-24-48-12-4-5-16-54(48)42-57)65-40-36-50(37-41-65)56-27-25-51-26-33-62(46-63(51)45-56)67-21-10-18-52-15-6-8-19-66(52)67/h1-47H. The van der Waals surface area contributed by atoms with Gasteiger partial charge in [0.2, 0.25) is 0 Å². The van der Waals surface area contributed by atoms with Crippen molar-refractivity contribution >= 4 is 92.9 Å². The Morgan fingerprint density at radius 2 is 0.658 bits per heavy atom. The second kappa shape index (κ2) is 17.9. The first kappa shape index (κ1) is 43.6. The minimum Gasteiger partial charge on any atom is -0.453 e. The largest absolute Gasteiger partial charge is 0.453 e. The number of fused-ring (bicyclic) bond motifs is 9. The van der Waals surface area contributed by atoms with E-state index in [1.807, 2.05) is 0 Å². The van der Waals surface area contributed by atoms with Gasteiger partial charge < -0.3 is 9.32 Å². The Morgan fingerprint density at radius 1 is 0.224 bits per heavy atom. The third-order valence-corrected chi connectivity index (χ3v) is 15.6. The zero-order valence-corrected chi connectivity index (χ0v) is 41.5. The summed E-state index contributed by atoms with van der Waals surface area (Å²) in [6.45, 7) is 0. The van der Waals surface area contributed by atoms with Gasteiger partial charge in [0.05, 0.1) is 5.69 Å². The van der Waals surface area contributed by atoms with Crippen LogP contribution in [0, 0.1) is 0 Å². The Morgan fingerprint density at radius 3 is 1.33 bits per heavy atom. The van der Waals surface area contributed by atoms with Crippen LogP contribution in [0.5, 0.6) is 0 Å². The first-order valence-corrected chi connectivity index (χ1v) is 26.1. The summed E-state index contributed by atoms with van der Waals surface area (Å²) in [6.07, 6.45) is 0. The van der Waals surface area contributed by atoms with Gasteiger partial charge in [-0.05, 0) is 165 Å². The monoisotopic (exact) mass is 965 g/mol. The highest BCUT2D eigenvalue weighted by Crippen LogP contribution is 2.48. The lowest BCUT2D eigenvalue weighted by atomic mass is 9.95. The van der Waals surface area contributed by atoms with Gasteiger partial charge in [0.1, 0.15) is 5.58 Å². The summed E-state index contributed by atoms with van der Waals surface area (Å²) in [5.74, 6) is 0. The number of hydrogen-bond donors (Lipinski definition) is 0. The minimum absolute atomic E-state index is 0.847. The van der Waals surface area contributed by atoms with Gasteiger partial charge in [-0.15, -0.1) is 0 Å². The summed E-state index contributed by atoms with van der Waals surface area (Å²) < 4.78 is 7.25. The molecule has 0 aliphatic rings. The molecule has 1 heterocycles. The normalized spacial score (nSPS) is 11.7. The summed E-state index contributed by atoms with van der Waals surface area (Å²) in [5, 5.41) is 14.4. The number of hydrogen-bond acceptors (Lipinski definition) is 2. The Balaban J connectivity index is 0.843. The second-order valence-corrected chi connectivity index (χ2v) is 20.0. The third-order valence-electron chi connectivity index (χ3n) is 15.6. The van der Waals surface area contributed by atoms with Gasteiger partial charge in [-0.1, -0.05) is 224 Å². The molecular weight excluding hydrogens is 919 g/mol. The first-order chi connectivity index (χ1) is 37.6. The van der Waals surface area contributed by atoms with Crippen LogP contribution in [0.15, 0.2) is 290 Å². The van der Waals surface area contributed by atoms with E-state index in [4.69, 9.17) is 4.42 Å². The molecule has 76 heavy (non-hydrogen) atoms. The van der Waals surface area contributed by atoms with Gasteiger partial charge in [0.15, 0.2) is 5.58 Å². The van der Waals surface area contributed by atoms with Crippen molar-refractivity contribution in [2.24, 2.45) is 0 Å². The minimum atomic E-state index is 0.847. The molecular formula is C74H47NO. The Bertz CT molecular complexity index is 4740. The topological polar surface area (TPSA) is 16.4 Å². The van der Waals surface area contributed by atoms with E-state index in [1.165, 1.54) is 76.5 Å². The number of furan rings is 1. The molecule has 15 aromatic rings.